The molecule has 1 fully saturated rings. The molecule has 2 amide bonds. The second-order valence-corrected chi connectivity index (χ2v) is 8.00. The zero-order valence-corrected chi connectivity index (χ0v) is 17.0. The largest absolute Gasteiger partial charge is 0.473 e. The van der Waals surface area contributed by atoms with Crippen LogP contribution >= 0.6 is 11.8 Å². The molecule has 1 aliphatic heterocycles. The average molecular weight is 432 g/mol. The Balaban J connectivity index is 2.95. The maximum absolute atomic E-state index is 12.5. The van der Waals surface area contributed by atoms with E-state index in [-0.39, 0.29) is 50.0 Å². The summed E-state index contributed by atoms with van der Waals surface area (Å²) in [7, 11) is 0. The van der Waals surface area contributed by atoms with E-state index in [1.165, 1.54) is 13.8 Å². The van der Waals surface area contributed by atoms with Crippen molar-refractivity contribution >= 4 is 46.6 Å². The Morgan fingerprint density at radius 2 is 1.79 bits per heavy atom. The second kappa shape index (κ2) is 11.4. The van der Waals surface area contributed by atoms with Gasteiger partial charge in [-0.15, -0.1) is 0 Å². The molecule has 12 heteroatoms. The lowest BCUT2D eigenvalue weighted by molar-refractivity contribution is -0.177. The van der Waals surface area contributed by atoms with Gasteiger partial charge in [0.2, 0.25) is 5.91 Å². The maximum Gasteiger partial charge on any atom is 0.418 e. The van der Waals surface area contributed by atoms with Crippen molar-refractivity contribution in [1.82, 2.24) is 10.6 Å². The van der Waals surface area contributed by atoms with Gasteiger partial charge in [0.1, 0.15) is 6.61 Å². The van der Waals surface area contributed by atoms with Crippen LogP contribution in [-0.4, -0.2) is 71.5 Å². The quantitative estimate of drug-likeness (QED) is 0.354. The van der Waals surface area contributed by atoms with Crippen LogP contribution in [-0.2, 0) is 38.2 Å². The van der Waals surface area contributed by atoms with Gasteiger partial charge in [0.25, 0.3) is 5.91 Å². The molecule has 29 heavy (non-hydrogen) atoms. The second-order valence-electron chi connectivity index (χ2n) is 6.85. The molecule has 0 aromatic heterocycles. The van der Waals surface area contributed by atoms with Crippen molar-refractivity contribution in [2.45, 2.75) is 39.2 Å². The molecule has 0 aliphatic carbocycles. The number of hydrogen-bond acceptors (Lipinski definition) is 9. The number of carbonyl (C=O) groups is 6. The van der Waals surface area contributed by atoms with Gasteiger partial charge in [-0.2, -0.15) is 0 Å². The molecule has 1 atom stereocenters. The molecule has 0 aromatic carbocycles. The zero-order chi connectivity index (χ0) is 22.0. The number of aliphatic carboxylic acids is 1. The van der Waals surface area contributed by atoms with Crippen molar-refractivity contribution in [3.63, 3.8) is 0 Å². The van der Waals surface area contributed by atoms with Gasteiger partial charge in [-0.3, -0.25) is 19.2 Å². The van der Waals surface area contributed by atoms with Gasteiger partial charge in [0.05, 0.1) is 6.42 Å². The summed E-state index contributed by atoms with van der Waals surface area (Å²) in [6, 6.07) is 0. The van der Waals surface area contributed by atoms with E-state index in [0.29, 0.717) is 5.75 Å². The number of carboxylic acids is 1. The lowest BCUT2D eigenvalue weighted by Gasteiger charge is -2.31. The molecule has 0 unspecified atom stereocenters. The summed E-state index contributed by atoms with van der Waals surface area (Å²) in [6.45, 7) is 2.68. The van der Waals surface area contributed by atoms with E-state index in [9.17, 15) is 28.8 Å². The first kappa shape index (κ1) is 24.4. The Morgan fingerprint density at radius 3 is 2.45 bits per heavy atom. The van der Waals surface area contributed by atoms with Gasteiger partial charge in [0, 0.05) is 37.1 Å². The molecular formula is C17H24N2O9S. The topological polar surface area (TPSA) is 165 Å². The Hall–Kier alpha value is -2.63. The summed E-state index contributed by atoms with van der Waals surface area (Å²) in [6.07, 6.45) is -1.90. The average Bonchev–Trinajstić information content (AvgIpc) is 2.65. The number of amides is 2. The number of hydrogen-bond donors (Lipinski definition) is 3. The predicted octanol–water partition coefficient (Wildman–Crippen LogP) is -0.772. The van der Waals surface area contributed by atoms with Crippen molar-refractivity contribution in [2.75, 3.05) is 25.4 Å². The fourth-order valence-electron chi connectivity index (χ4n) is 2.25. The van der Waals surface area contributed by atoms with Crippen LogP contribution in [0.2, 0.25) is 0 Å². The minimum Gasteiger partial charge on any atom is -0.473 e. The molecule has 1 heterocycles. The summed E-state index contributed by atoms with van der Waals surface area (Å²) in [4.78, 5) is 70.1. The van der Waals surface area contributed by atoms with E-state index >= 15 is 0 Å². The summed E-state index contributed by atoms with van der Waals surface area (Å²) >= 11 is 0.986. The Kier molecular flexibility index (Phi) is 9.59. The van der Waals surface area contributed by atoms with E-state index in [2.05, 4.69) is 10.6 Å². The number of cyclic esters (lactones) is 1. The standard InChI is InChI=1S/C17H24N2O9S/c1-17(2)9-27-11(21)3-4-12(22)29-8-7-18-10(20)5-6-19-14(23)13(17)28-16(26)15(24)25/h13H,3-9H2,1-2H3,(H,18,20)(H,19,23)(H,24,25)/t13-/m0/s1. The third kappa shape index (κ3) is 8.94. The van der Waals surface area contributed by atoms with Crippen LogP contribution in [0.4, 0.5) is 0 Å². The minimum absolute atomic E-state index is 0.0597. The van der Waals surface area contributed by atoms with Crippen molar-refractivity contribution in [3.8, 4) is 0 Å². The number of ether oxygens (including phenoxy) is 2. The summed E-state index contributed by atoms with van der Waals surface area (Å²) in [5.41, 5.74) is -1.28. The number of carboxylic acid groups (broad SMARTS) is 1. The van der Waals surface area contributed by atoms with Crippen LogP contribution in [0.15, 0.2) is 0 Å². The van der Waals surface area contributed by atoms with Gasteiger partial charge >= 0.3 is 17.9 Å². The normalized spacial score (nSPS) is 22.5. The van der Waals surface area contributed by atoms with Crippen molar-refractivity contribution in [3.05, 3.63) is 0 Å². The fraction of sp³-hybridized carbons (Fsp3) is 0.647. The lowest BCUT2D eigenvalue weighted by Crippen LogP contribution is -2.50. The molecule has 11 nitrogen and oxygen atoms in total. The van der Waals surface area contributed by atoms with Gasteiger partial charge in [-0.25, -0.2) is 9.59 Å². The SMILES string of the molecule is CC1(C)COC(=O)CCC(=O)SCCNC(=O)CCNC(=O)[C@@H]1OC(=O)C(=O)O. The molecule has 1 saturated heterocycles. The Labute approximate surface area is 171 Å². The molecule has 0 saturated carbocycles. The van der Waals surface area contributed by atoms with Crippen molar-refractivity contribution in [2.24, 2.45) is 5.41 Å². The molecule has 0 bridgehead atoms. The zero-order valence-electron chi connectivity index (χ0n) is 16.1. The van der Waals surface area contributed by atoms with E-state index in [4.69, 9.17) is 14.6 Å². The van der Waals surface area contributed by atoms with Crippen LogP contribution in [0.3, 0.4) is 0 Å². The Morgan fingerprint density at radius 1 is 1.10 bits per heavy atom. The van der Waals surface area contributed by atoms with E-state index in [1.807, 2.05) is 0 Å². The van der Waals surface area contributed by atoms with Gasteiger partial charge < -0.3 is 25.2 Å². The summed E-state index contributed by atoms with van der Waals surface area (Å²) in [5, 5.41) is 13.5. The van der Waals surface area contributed by atoms with Crippen molar-refractivity contribution < 1.29 is 43.3 Å². The highest BCUT2D eigenvalue weighted by Gasteiger charge is 2.41. The number of rotatable bonds is 1. The van der Waals surface area contributed by atoms with Crippen LogP contribution in [0.1, 0.15) is 33.1 Å². The van der Waals surface area contributed by atoms with Crippen LogP contribution in [0.25, 0.3) is 0 Å². The molecular weight excluding hydrogens is 408 g/mol. The number of nitrogens with one attached hydrogen (secondary N) is 2. The van der Waals surface area contributed by atoms with Crippen LogP contribution in [0.5, 0.6) is 0 Å². The van der Waals surface area contributed by atoms with Crippen molar-refractivity contribution in [1.29, 1.82) is 0 Å². The highest BCUT2D eigenvalue weighted by molar-refractivity contribution is 8.13. The smallest absolute Gasteiger partial charge is 0.418 e. The summed E-state index contributed by atoms with van der Waals surface area (Å²) < 4.78 is 9.87. The first-order valence-electron chi connectivity index (χ1n) is 8.82. The third-order valence-electron chi connectivity index (χ3n) is 3.82. The minimum atomic E-state index is -1.88. The molecule has 0 aromatic rings. The fourth-order valence-corrected chi connectivity index (χ4v) is 2.93. The highest BCUT2D eigenvalue weighted by Crippen LogP contribution is 2.25. The molecule has 0 spiro atoms. The first-order valence-corrected chi connectivity index (χ1v) is 9.81. The molecule has 1 rings (SSSR count). The molecule has 1 aliphatic rings. The molecule has 162 valence electrons. The number of thioether (sulfide) groups is 1. The first-order chi connectivity index (χ1) is 13.5. The van der Waals surface area contributed by atoms with Crippen LogP contribution < -0.4 is 10.6 Å². The molecule has 3 N–H and O–H groups in total. The van der Waals surface area contributed by atoms with Gasteiger partial charge in [0.15, 0.2) is 11.2 Å². The van der Waals surface area contributed by atoms with Gasteiger partial charge in [-0.1, -0.05) is 25.6 Å². The van der Waals surface area contributed by atoms with E-state index < -0.39 is 35.3 Å². The number of carbonyl (C=O) groups excluding carboxylic acids is 5. The Bertz CT molecular complexity index is 678. The highest BCUT2D eigenvalue weighted by atomic mass is 32.2. The van der Waals surface area contributed by atoms with Gasteiger partial charge in [-0.05, 0) is 0 Å². The van der Waals surface area contributed by atoms with E-state index in [1.54, 1.807) is 0 Å². The maximum atomic E-state index is 12.5. The predicted molar refractivity (Wildman–Crippen MR) is 99.6 cm³/mol. The molecule has 0 radical (unpaired) electrons. The monoisotopic (exact) mass is 432 g/mol. The van der Waals surface area contributed by atoms with Crippen LogP contribution in [0, 0.1) is 5.41 Å². The lowest BCUT2D eigenvalue weighted by atomic mass is 9.86. The third-order valence-corrected chi connectivity index (χ3v) is 4.76. The number of esters is 2. The van der Waals surface area contributed by atoms with E-state index in [0.717, 1.165) is 11.8 Å². The summed E-state index contributed by atoms with van der Waals surface area (Å²) in [5.74, 6) is -5.07.